The summed E-state index contributed by atoms with van der Waals surface area (Å²) in [4.78, 5) is 20.7. The van der Waals surface area contributed by atoms with Crippen molar-refractivity contribution in [3.05, 3.63) is 77.7 Å². The molecule has 0 saturated carbocycles. The molecule has 3 rings (SSSR count). The van der Waals surface area contributed by atoms with Crippen LogP contribution in [0, 0.1) is 0 Å². The van der Waals surface area contributed by atoms with Crippen LogP contribution in [0.15, 0.2) is 61.1 Å². The third-order valence-electron chi connectivity index (χ3n) is 4.12. The molecule has 7 heteroatoms. The van der Waals surface area contributed by atoms with E-state index in [0.29, 0.717) is 36.0 Å². The second-order valence-electron chi connectivity index (χ2n) is 6.02. The van der Waals surface area contributed by atoms with E-state index in [4.69, 9.17) is 9.47 Å². The fourth-order valence-electron chi connectivity index (χ4n) is 2.64. The third kappa shape index (κ3) is 4.97. The highest BCUT2D eigenvalue weighted by atomic mass is 16.5. The molecule has 0 aliphatic carbocycles. The van der Waals surface area contributed by atoms with Crippen molar-refractivity contribution in [3.63, 3.8) is 0 Å². The lowest BCUT2D eigenvalue weighted by Crippen LogP contribution is -2.23. The first kappa shape index (κ1) is 19.2. The predicted octanol–water partition coefficient (Wildman–Crippen LogP) is 3.04. The van der Waals surface area contributed by atoms with Gasteiger partial charge >= 0.3 is 0 Å². The highest BCUT2D eigenvalue weighted by Gasteiger charge is 2.08. The van der Waals surface area contributed by atoms with Gasteiger partial charge in [-0.3, -0.25) is 9.78 Å². The summed E-state index contributed by atoms with van der Waals surface area (Å²) in [5.41, 5.74) is 2.48. The van der Waals surface area contributed by atoms with Crippen LogP contribution in [0.2, 0.25) is 0 Å². The normalized spacial score (nSPS) is 10.2. The zero-order valence-corrected chi connectivity index (χ0v) is 15.8. The van der Waals surface area contributed by atoms with Crippen LogP contribution in [0.3, 0.4) is 0 Å². The molecule has 0 bridgehead atoms. The number of aromatic nitrogens is 2. The van der Waals surface area contributed by atoms with E-state index in [2.05, 4.69) is 20.6 Å². The molecule has 2 N–H and O–H groups in total. The summed E-state index contributed by atoms with van der Waals surface area (Å²) in [7, 11) is 3.20. The van der Waals surface area contributed by atoms with Gasteiger partial charge in [0.15, 0.2) is 11.5 Å². The van der Waals surface area contributed by atoms with Crippen LogP contribution >= 0.6 is 0 Å². The largest absolute Gasteiger partial charge is 0.493 e. The first-order valence-corrected chi connectivity index (χ1v) is 8.77. The molecule has 1 aromatic carbocycles. The first-order chi connectivity index (χ1) is 13.7. The lowest BCUT2D eigenvalue weighted by Gasteiger charge is -2.11. The molecule has 144 valence electrons. The molecule has 0 aliphatic rings. The van der Waals surface area contributed by atoms with E-state index in [1.165, 1.54) is 0 Å². The number of pyridine rings is 2. The lowest BCUT2D eigenvalue weighted by atomic mass is 10.2. The predicted molar refractivity (Wildman–Crippen MR) is 107 cm³/mol. The average molecular weight is 378 g/mol. The number of carbonyl (C=O) groups is 1. The Morgan fingerprint density at radius 3 is 2.57 bits per heavy atom. The molecular weight excluding hydrogens is 356 g/mol. The molecule has 2 heterocycles. The average Bonchev–Trinajstić information content (AvgIpc) is 2.76. The zero-order chi connectivity index (χ0) is 19.8. The van der Waals surface area contributed by atoms with Gasteiger partial charge in [-0.15, -0.1) is 0 Å². The summed E-state index contributed by atoms with van der Waals surface area (Å²) in [6.45, 7) is 0.956. The smallest absolute Gasteiger partial charge is 0.251 e. The quantitative estimate of drug-likeness (QED) is 0.627. The monoisotopic (exact) mass is 378 g/mol. The van der Waals surface area contributed by atoms with Gasteiger partial charge in [0.1, 0.15) is 5.82 Å². The number of hydrogen-bond donors (Lipinski definition) is 2. The van der Waals surface area contributed by atoms with E-state index >= 15 is 0 Å². The number of carbonyl (C=O) groups excluding carboxylic acids is 1. The summed E-state index contributed by atoms with van der Waals surface area (Å²) in [6.07, 6.45) is 5.03. The summed E-state index contributed by atoms with van der Waals surface area (Å²) in [6, 6.07) is 12.8. The van der Waals surface area contributed by atoms with Gasteiger partial charge in [-0.2, -0.15) is 0 Å². The van der Waals surface area contributed by atoms with Crippen molar-refractivity contribution in [1.29, 1.82) is 0 Å². The number of nitrogens with one attached hydrogen (secondary N) is 2. The number of nitrogens with zero attached hydrogens (tertiary/aromatic N) is 2. The minimum atomic E-state index is -0.166. The number of rotatable bonds is 8. The molecule has 1 amide bonds. The standard InChI is InChI=1S/C21H22N4O3/c1-27-18-6-5-15(10-19(18)28-2)13-24-20-11-17(7-9-23-20)21(26)25-14-16-4-3-8-22-12-16/h3-12H,13-14H2,1-2H3,(H,23,24)(H,25,26). The number of hydrogen-bond acceptors (Lipinski definition) is 6. The summed E-state index contributed by atoms with van der Waals surface area (Å²) in [5, 5.41) is 6.10. The molecule has 3 aromatic rings. The maximum Gasteiger partial charge on any atom is 0.251 e. The minimum Gasteiger partial charge on any atom is -0.493 e. The van der Waals surface area contributed by atoms with Crippen molar-refractivity contribution in [3.8, 4) is 11.5 Å². The Kier molecular flexibility index (Phi) is 6.41. The molecule has 7 nitrogen and oxygen atoms in total. The topological polar surface area (TPSA) is 85.4 Å². The Morgan fingerprint density at radius 1 is 0.964 bits per heavy atom. The summed E-state index contributed by atoms with van der Waals surface area (Å²) in [5.74, 6) is 1.79. The van der Waals surface area contributed by atoms with Crippen molar-refractivity contribution in [1.82, 2.24) is 15.3 Å². The van der Waals surface area contributed by atoms with Crippen LogP contribution in [0.1, 0.15) is 21.5 Å². The summed E-state index contributed by atoms with van der Waals surface area (Å²) < 4.78 is 10.6. The van der Waals surface area contributed by atoms with E-state index in [0.717, 1.165) is 11.1 Å². The minimum absolute atomic E-state index is 0.166. The van der Waals surface area contributed by atoms with Crippen LogP contribution < -0.4 is 20.1 Å². The molecule has 0 radical (unpaired) electrons. The number of amides is 1. The maximum atomic E-state index is 12.4. The zero-order valence-electron chi connectivity index (χ0n) is 15.8. The second-order valence-corrected chi connectivity index (χ2v) is 6.02. The Balaban J connectivity index is 1.61. The van der Waals surface area contributed by atoms with Crippen molar-refractivity contribution in [2.24, 2.45) is 0 Å². The molecule has 0 unspecified atom stereocenters. The van der Waals surface area contributed by atoms with Crippen LogP contribution in [0.5, 0.6) is 11.5 Å². The van der Waals surface area contributed by atoms with Crippen LogP contribution in [-0.4, -0.2) is 30.1 Å². The Morgan fingerprint density at radius 2 is 1.82 bits per heavy atom. The van der Waals surface area contributed by atoms with Crippen molar-refractivity contribution >= 4 is 11.7 Å². The van der Waals surface area contributed by atoms with Gasteiger partial charge < -0.3 is 20.1 Å². The van der Waals surface area contributed by atoms with Crippen molar-refractivity contribution < 1.29 is 14.3 Å². The van der Waals surface area contributed by atoms with Crippen LogP contribution in [0.25, 0.3) is 0 Å². The first-order valence-electron chi connectivity index (χ1n) is 8.77. The summed E-state index contributed by atoms with van der Waals surface area (Å²) >= 11 is 0. The van der Waals surface area contributed by atoms with Gasteiger partial charge in [0.25, 0.3) is 5.91 Å². The van der Waals surface area contributed by atoms with Crippen molar-refractivity contribution in [2.45, 2.75) is 13.1 Å². The molecule has 2 aromatic heterocycles. The Labute approximate surface area is 163 Å². The van der Waals surface area contributed by atoms with E-state index in [9.17, 15) is 4.79 Å². The van der Waals surface area contributed by atoms with E-state index in [1.807, 2.05) is 30.3 Å². The highest BCUT2D eigenvalue weighted by molar-refractivity contribution is 5.94. The molecular formula is C21H22N4O3. The Hall–Kier alpha value is -3.61. The highest BCUT2D eigenvalue weighted by Crippen LogP contribution is 2.27. The molecule has 0 atom stereocenters. The van der Waals surface area contributed by atoms with Crippen LogP contribution in [0.4, 0.5) is 5.82 Å². The van der Waals surface area contributed by atoms with E-state index < -0.39 is 0 Å². The lowest BCUT2D eigenvalue weighted by molar-refractivity contribution is 0.0951. The van der Waals surface area contributed by atoms with Gasteiger partial charge in [0, 0.05) is 37.2 Å². The molecule has 0 spiro atoms. The fourth-order valence-corrected chi connectivity index (χ4v) is 2.64. The molecule has 28 heavy (non-hydrogen) atoms. The molecule has 0 fully saturated rings. The van der Waals surface area contributed by atoms with Crippen molar-refractivity contribution in [2.75, 3.05) is 19.5 Å². The molecule has 0 saturated heterocycles. The van der Waals surface area contributed by atoms with Gasteiger partial charge in [-0.25, -0.2) is 4.98 Å². The number of ether oxygens (including phenoxy) is 2. The fraction of sp³-hybridized carbons (Fsp3) is 0.190. The number of methoxy groups -OCH3 is 2. The Bertz CT molecular complexity index is 932. The van der Waals surface area contributed by atoms with Gasteiger partial charge in [0.2, 0.25) is 0 Å². The van der Waals surface area contributed by atoms with Gasteiger partial charge in [-0.05, 0) is 41.5 Å². The number of anilines is 1. The second kappa shape index (κ2) is 9.36. The van der Waals surface area contributed by atoms with E-state index in [-0.39, 0.29) is 5.91 Å². The maximum absolute atomic E-state index is 12.4. The van der Waals surface area contributed by atoms with Crippen LogP contribution in [-0.2, 0) is 13.1 Å². The van der Waals surface area contributed by atoms with Gasteiger partial charge in [-0.1, -0.05) is 12.1 Å². The van der Waals surface area contributed by atoms with Gasteiger partial charge in [0.05, 0.1) is 14.2 Å². The van der Waals surface area contributed by atoms with E-state index in [1.54, 1.807) is 44.9 Å². The molecule has 0 aliphatic heterocycles. The SMILES string of the molecule is COc1ccc(CNc2cc(C(=O)NCc3cccnc3)ccn2)cc1OC. The third-order valence-corrected chi connectivity index (χ3v) is 4.12. The number of benzene rings is 1.